The van der Waals surface area contributed by atoms with E-state index < -0.39 is 0 Å². The van der Waals surface area contributed by atoms with Crippen molar-refractivity contribution >= 4 is 41.0 Å². The maximum atomic E-state index is 6.46. The number of rotatable bonds is 6. The van der Waals surface area contributed by atoms with Gasteiger partial charge in [-0.1, -0.05) is 102 Å². The van der Waals surface area contributed by atoms with Crippen LogP contribution in [0.25, 0.3) is 12.2 Å². The van der Waals surface area contributed by atoms with Crippen molar-refractivity contribution in [3.8, 4) is 0 Å². The smallest absolute Gasteiger partial charge is 0.0441 e. The fraction of sp³-hybridized carbons (Fsp3) is 0.0714. The van der Waals surface area contributed by atoms with E-state index in [4.69, 9.17) is 28.9 Å². The minimum Gasteiger partial charge on any atom is -0.399 e. The second kappa shape index (κ2) is 9.87. The predicted octanol–water partition coefficient (Wildman–Crippen LogP) is 7.93. The van der Waals surface area contributed by atoms with E-state index >= 15 is 0 Å². The lowest BCUT2D eigenvalue weighted by Gasteiger charge is -2.12. The molecule has 4 aromatic carbocycles. The van der Waals surface area contributed by atoms with E-state index in [2.05, 4.69) is 42.5 Å². The molecule has 0 spiro atoms. The lowest BCUT2D eigenvalue weighted by molar-refractivity contribution is 1.13. The fourth-order valence-electron chi connectivity index (χ4n) is 3.59. The molecule has 0 fully saturated rings. The summed E-state index contributed by atoms with van der Waals surface area (Å²) in [7, 11) is 0. The van der Waals surface area contributed by atoms with E-state index in [1.54, 1.807) is 0 Å². The molecule has 0 radical (unpaired) electrons. The molecule has 0 aromatic heterocycles. The molecule has 2 N–H and O–H groups in total. The SMILES string of the molecule is Nc1ccc(/C=C\c2ccc(Cc3ccccc3Cl)cc2Cc2ccccc2Cl)cc1. The average molecular weight is 444 g/mol. The summed E-state index contributed by atoms with van der Waals surface area (Å²) in [5.41, 5.74) is 13.5. The van der Waals surface area contributed by atoms with Gasteiger partial charge in [0, 0.05) is 15.7 Å². The van der Waals surface area contributed by atoms with Gasteiger partial charge in [0.25, 0.3) is 0 Å². The van der Waals surface area contributed by atoms with Crippen molar-refractivity contribution in [1.29, 1.82) is 0 Å². The zero-order chi connectivity index (χ0) is 21.6. The summed E-state index contributed by atoms with van der Waals surface area (Å²) in [6.07, 6.45) is 5.81. The Morgan fingerprint density at radius 1 is 0.613 bits per heavy atom. The van der Waals surface area contributed by atoms with E-state index in [9.17, 15) is 0 Å². The summed E-state index contributed by atoms with van der Waals surface area (Å²) in [6.45, 7) is 0. The Kier molecular flexibility index (Phi) is 6.76. The molecule has 0 unspecified atom stereocenters. The Morgan fingerprint density at radius 2 is 1.23 bits per heavy atom. The van der Waals surface area contributed by atoms with Crippen LogP contribution in [0.5, 0.6) is 0 Å². The molecule has 0 aliphatic rings. The molecule has 0 aliphatic carbocycles. The van der Waals surface area contributed by atoms with Gasteiger partial charge in [-0.15, -0.1) is 0 Å². The van der Waals surface area contributed by atoms with Gasteiger partial charge in [-0.3, -0.25) is 0 Å². The van der Waals surface area contributed by atoms with Gasteiger partial charge in [-0.25, -0.2) is 0 Å². The van der Waals surface area contributed by atoms with Gasteiger partial charge in [-0.05, 0) is 70.5 Å². The minimum absolute atomic E-state index is 0.761. The van der Waals surface area contributed by atoms with E-state index in [1.165, 1.54) is 16.7 Å². The first-order chi connectivity index (χ1) is 15.1. The first kappa shape index (κ1) is 21.2. The predicted molar refractivity (Wildman–Crippen MR) is 135 cm³/mol. The molecule has 4 rings (SSSR count). The third-order valence-corrected chi connectivity index (χ3v) is 6.03. The molecule has 3 heteroatoms. The van der Waals surface area contributed by atoms with Crippen LogP contribution < -0.4 is 5.73 Å². The molecule has 154 valence electrons. The second-order valence-electron chi connectivity index (χ2n) is 7.57. The van der Waals surface area contributed by atoms with Gasteiger partial charge >= 0.3 is 0 Å². The molecule has 0 saturated heterocycles. The van der Waals surface area contributed by atoms with E-state index in [1.807, 2.05) is 60.7 Å². The zero-order valence-corrected chi connectivity index (χ0v) is 18.6. The van der Waals surface area contributed by atoms with Crippen LogP contribution in [0, 0.1) is 0 Å². The van der Waals surface area contributed by atoms with Crippen molar-refractivity contribution < 1.29 is 0 Å². The first-order valence-corrected chi connectivity index (χ1v) is 11.0. The average Bonchev–Trinajstić information content (AvgIpc) is 2.77. The van der Waals surface area contributed by atoms with Crippen molar-refractivity contribution in [2.45, 2.75) is 12.8 Å². The minimum atomic E-state index is 0.761. The molecule has 0 saturated carbocycles. The molecule has 0 heterocycles. The number of halogens is 2. The van der Waals surface area contributed by atoms with Gasteiger partial charge in [-0.2, -0.15) is 0 Å². The highest BCUT2D eigenvalue weighted by molar-refractivity contribution is 6.31. The lowest BCUT2D eigenvalue weighted by Crippen LogP contribution is -1.97. The third-order valence-electron chi connectivity index (χ3n) is 5.29. The van der Waals surface area contributed by atoms with Crippen molar-refractivity contribution in [3.63, 3.8) is 0 Å². The highest BCUT2D eigenvalue weighted by Crippen LogP contribution is 2.26. The van der Waals surface area contributed by atoms with Crippen LogP contribution in [0.2, 0.25) is 10.0 Å². The Morgan fingerprint density at radius 3 is 1.87 bits per heavy atom. The Hall–Kier alpha value is -3.00. The standard InChI is InChI=1S/C28H23Cl2N/c29-27-7-3-1-5-23(27)17-21-10-14-22(13-9-20-11-15-26(31)16-12-20)25(18-21)19-24-6-2-4-8-28(24)30/h1-16,18H,17,19,31H2/b13-9-. The summed E-state index contributed by atoms with van der Waals surface area (Å²) in [5, 5.41) is 1.58. The Balaban J connectivity index is 1.68. The molecule has 0 aliphatic heterocycles. The summed E-state index contributed by atoms with van der Waals surface area (Å²) >= 11 is 12.8. The second-order valence-corrected chi connectivity index (χ2v) is 8.38. The summed E-state index contributed by atoms with van der Waals surface area (Å²) < 4.78 is 0. The number of hydrogen-bond acceptors (Lipinski definition) is 1. The number of nitrogen functional groups attached to an aromatic ring is 1. The van der Waals surface area contributed by atoms with Crippen LogP contribution in [0.1, 0.15) is 33.4 Å². The fourth-order valence-corrected chi connectivity index (χ4v) is 3.99. The highest BCUT2D eigenvalue weighted by Gasteiger charge is 2.08. The van der Waals surface area contributed by atoms with Gasteiger partial charge < -0.3 is 5.73 Å². The van der Waals surface area contributed by atoms with E-state index in [0.29, 0.717) is 0 Å². The van der Waals surface area contributed by atoms with Crippen LogP contribution in [0.15, 0.2) is 91.0 Å². The van der Waals surface area contributed by atoms with Crippen molar-refractivity contribution in [2.24, 2.45) is 0 Å². The number of nitrogens with two attached hydrogens (primary N) is 1. The summed E-state index contributed by atoms with van der Waals surface area (Å²) in [5.74, 6) is 0. The van der Waals surface area contributed by atoms with Crippen LogP contribution in [0.4, 0.5) is 5.69 Å². The van der Waals surface area contributed by atoms with Crippen molar-refractivity contribution in [3.05, 3.63) is 134 Å². The number of anilines is 1. The first-order valence-electron chi connectivity index (χ1n) is 10.2. The van der Waals surface area contributed by atoms with Crippen LogP contribution in [-0.4, -0.2) is 0 Å². The van der Waals surface area contributed by atoms with Crippen molar-refractivity contribution in [2.75, 3.05) is 5.73 Å². The van der Waals surface area contributed by atoms with Crippen LogP contribution in [-0.2, 0) is 12.8 Å². The number of hydrogen-bond donors (Lipinski definition) is 1. The number of benzene rings is 4. The quantitative estimate of drug-likeness (QED) is 0.237. The topological polar surface area (TPSA) is 26.0 Å². The van der Waals surface area contributed by atoms with Crippen LogP contribution in [0.3, 0.4) is 0 Å². The maximum Gasteiger partial charge on any atom is 0.0441 e. The molecular weight excluding hydrogens is 421 g/mol. The van der Waals surface area contributed by atoms with Gasteiger partial charge in [0.1, 0.15) is 0 Å². The van der Waals surface area contributed by atoms with E-state index in [-0.39, 0.29) is 0 Å². The maximum absolute atomic E-state index is 6.46. The molecule has 31 heavy (non-hydrogen) atoms. The largest absolute Gasteiger partial charge is 0.399 e. The molecule has 0 bridgehead atoms. The third kappa shape index (κ3) is 5.58. The Bertz CT molecular complexity index is 1210. The molecule has 0 atom stereocenters. The van der Waals surface area contributed by atoms with Gasteiger partial charge in [0.15, 0.2) is 0 Å². The van der Waals surface area contributed by atoms with Crippen LogP contribution >= 0.6 is 23.2 Å². The van der Waals surface area contributed by atoms with E-state index in [0.717, 1.165) is 45.3 Å². The molecule has 0 amide bonds. The normalized spacial score (nSPS) is 11.2. The zero-order valence-electron chi connectivity index (χ0n) is 17.1. The Labute approximate surface area is 193 Å². The van der Waals surface area contributed by atoms with Crippen molar-refractivity contribution in [1.82, 2.24) is 0 Å². The molecule has 1 nitrogen and oxygen atoms in total. The molecule has 4 aromatic rings. The molecular formula is C28H23Cl2N. The highest BCUT2D eigenvalue weighted by atomic mass is 35.5. The monoisotopic (exact) mass is 443 g/mol. The summed E-state index contributed by atoms with van der Waals surface area (Å²) in [4.78, 5) is 0. The summed E-state index contributed by atoms with van der Waals surface area (Å²) in [6, 6.07) is 30.5. The van der Waals surface area contributed by atoms with Gasteiger partial charge in [0.05, 0.1) is 0 Å². The van der Waals surface area contributed by atoms with Gasteiger partial charge in [0.2, 0.25) is 0 Å². The lowest BCUT2D eigenvalue weighted by atomic mass is 9.94.